The molecule has 16 heavy (non-hydrogen) atoms. The van der Waals surface area contributed by atoms with Crippen LogP contribution in [0.15, 0.2) is 18.6 Å². The smallest absolute Gasteiger partial charge is 0.358 e. The van der Waals surface area contributed by atoms with Crippen molar-refractivity contribution in [1.29, 1.82) is 0 Å². The number of rotatable bonds is 2. The molecule has 0 saturated heterocycles. The van der Waals surface area contributed by atoms with Gasteiger partial charge in [-0.1, -0.05) is 0 Å². The second kappa shape index (κ2) is 4.05. The molecule has 2 rings (SSSR count). The van der Waals surface area contributed by atoms with E-state index >= 15 is 0 Å². The zero-order valence-electron chi connectivity index (χ0n) is 8.78. The molecule has 2 aromatic rings. The van der Waals surface area contributed by atoms with Crippen molar-refractivity contribution in [2.45, 2.75) is 6.92 Å². The third kappa shape index (κ3) is 1.88. The molecule has 7 nitrogen and oxygen atoms in total. The van der Waals surface area contributed by atoms with Crippen LogP contribution in [0.3, 0.4) is 0 Å². The Labute approximate surface area is 91.1 Å². The molecule has 0 saturated carbocycles. The lowest BCUT2D eigenvalue weighted by Gasteiger charge is -2.00. The standard InChI is InChI=1S/C9H9N5O2/c1-6-3-11-14(13-6)8-5-10-4-7(12-8)9(15)16-2/h3-5H,1-2H3. The molecule has 0 aromatic carbocycles. The highest BCUT2D eigenvalue weighted by molar-refractivity contribution is 5.86. The van der Waals surface area contributed by atoms with E-state index in [0.29, 0.717) is 5.82 Å². The summed E-state index contributed by atoms with van der Waals surface area (Å²) in [6, 6.07) is 0. The maximum absolute atomic E-state index is 11.2. The number of hydrogen-bond donors (Lipinski definition) is 0. The highest BCUT2D eigenvalue weighted by Crippen LogP contribution is 2.02. The molecule has 0 N–H and O–H groups in total. The van der Waals surface area contributed by atoms with Gasteiger partial charge in [-0.2, -0.15) is 10.2 Å². The molecule has 0 radical (unpaired) electrons. The van der Waals surface area contributed by atoms with E-state index in [9.17, 15) is 4.79 Å². The van der Waals surface area contributed by atoms with Crippen molar-refractivity contribution >= 4 is 5.97 Å². The number of aromatic nitrogens is 5. The summed E-state index contributed by atoms with van der Waals surface area (Å²) >= 11 is 0. The number of nitrogens with zero attached hydrogens (tertiary/aromatic N) is 5. The monoisotopic (exact) mass is 219 g/mol. The summed E-state index contributed by atoms with van der Waals surface area (Å²) in [6.07, 6.45) is 4.38. The fourth-order valence-corrected chi connectivity index (χ4v) is 1.10. The van der Waals surface area contributed by atoms with Crippen molar-refractivity contribution in [2.75, 3.05) is 7.11 Å². The van der Waals surface area contributed by atoms with Gasteiger partial charge < -0.3 is 4.74 Å². The summed E-state index contributed by atoms with van der Waals surface area (Å²) in [6.45, 7) is 1.81. The maximum Gasteiger partial charge on any atom is 0.358 e. The normalized spacial score (nSPS) is 10.1. The first-order valence-corrected chi connectivity index (χ1v) is 4.50. The molecular formula is C9H9N5O2. The van der Waals surface area contributed by atoms with Gasteiger partial charge in [-0.15, -0.1) is 4.80 Å². The zero-order chi connectivity index (χ0) is 11.5. The summed E-state index contributed by atoms with van der Waals surface area (Å²) in [5.41, 5.74) is 0.875. The van der Waals surface area contributed by atoms with E-state index in [-0.39, 0.29) is 5.69 Å². The first-order chi connectivity index (χ1) is 7.70. The van der Waals surface area contributed by atoms with Crippen molar-refractivity contribution < 1.29 is 9.53 Å². The van der Waals surface area contributed by atoms with E-state index in [1.165, 1.54) is 24.3 Å². The van der Waals surface area contributed by atoms with Crippen LogP contribution in [-0.4, -0.2) is 38.0 Å². The number of methoxy groups -OCH3 is 1. The largest absolute Gasteiger partial charge is 0.464 e. The predicted octanol–water partition coefficient (Wildman–Crippen LogP) is 0.152. The van der Waals surface area contributed by atoms with Crippen LogP contribution in [0.5, 0.6) is 0 Å². The fourth-order valence-electron chi connectivity index (χ4n) is 1.10. The van der Waals surface area contributed by atoms with Crippen LogP contribution in [0.25, 0.3) is 5.82 Å². The number of esters is 1. The van der Waals surface area contributed by atoms with Crippen LogP contribution >= 0.6 is 0 Å². The Kier molecular flexibility index (Phi) is 2.59. The van der Waals surface area contributed by atoms with E-state index in [1.54, 1.807) is 13.1 Å². The summed E-state index contributed by atoms with van der Waals surface area (Å²) in [5, 5.41) is 8.02. The van der Waals surface area contributed by atoms with Crippen LogP contribution < -0.4 is 0 Å². The minimum absolute atomic E-state index is 0.120. The fraction of sp³-hybridized carbons (Fsp3) is 0.222. The molecule has 0 aliphatic carbocycles. The van der Waals surface area contributed by atoms with Crippen LogP contribution in [-0.2, 0) is 4.74 Å². The van der Waals surface area contributed by atoms with Gasteiger partial charge in [0.15, 0.2) is 11.5 Å². The van der Waals surface area contributed by atoms with Crippen LogP contribution in [0, 0.1) is 6.92 Å². The molecule has 0 atom stereocenters. The van der Waals surface area contributed by atoms with E-state index in [1.807, 2.05) is 0 Å². The summed E-state index contributed by atoms with van der Waals surface area (Å²) in [7, 11) is 1.28. The summed E-state index contributed by atoms with van der Waals surface area (Å²) in [4.78, 5) is 20.4. The van der Waals surface area contributed by atoms with Crippen molar-refractivity contribution in [2.24, 2.45) is 0 Å². The molecule has 0 aliphatic rings. The van der Waals surface area contributed by atoms with Gasteiger partial charge in [-0.3, -0.25) is 4.98 Å². The number of carbonyl (C=O) groups excluding carboxylic acids is 1. The van der Waals surface area contributed by atoms with Crippen LogP contribution in [0.4, 0.5) is 0 Å². The summed E-state index contributed by atoms with van der Waals surface area (Å²) < 4.78 is 4.54. The topological polar surface area (TPSA) is 82.8 Å². The third-order valence-electron chi connectivity index (χ3n) is 1.83. The van der Waals surface area contributed by atoms with Crippen LogP contribution in [0.2, 0.25) is 0 Å². The molecule has 0 fully saturated rings. The molecule has 2 aromatic heterocycles. The zero-order valence-corrected chi connectivity index (χ0v) is 8.78. The van der Waals surface area contributed by atoms with Gasteiger partial charge in [0, 0.05) is 0 Å². The quantitative estimate of drug-likeness (QED) is 0.669. The van der Waals surface area contributed by atoms with E-state index in [4.69, 9.17) is 0 Å². The second-order valence-electron chi connectivity index (χ2n) is 3.03. The maximum atomic E-state index is 11.2. The van der Waals surface area contributed by atoms with E-state index in [0.717, 1.165) is 5.69 Å². The number of aryl methyl sites for hydroxylation is 1. The minimum Gasteiger partial charge on any atom is -0.464 e. The van der Waals surface area contributed by atoms with Gasteiger partial charge in [0.05, 0.1) is 31.4 Å². The molecule has 2 heterocycles. The van der Waals surface area contributed by atoms with Crippen LogP contribution in [0.1, 0.15) is 16.2 Å². The van der Waals surface area contributed by atoms with Crippen molar-refractivity contribution in [1.82, 2.24) is 25.0 Å². The highest BCUT2D eigenvalue weighted by Gasteiger charge is 2.10. The Morgan fingerprint density at radius 2 is 2.19 bits per heavy atom. The minimum atomic E-state index is -0.543. The van der Waals surface area contributed by atoms with Gasteiger partial charge in [0.2, 0.25) is 0 Å². The average Bonchev–Trinajstić information content (AvgIpc) is 2.75. The lowest BCUT2D eigenvalue weighted by atomic mass is 10.4. The van der Waals surface area contributed by atoms with Gasteiger partial charge in [-0.25, -0.2) is 9.78 Å². The Bertz CT molecular complexity index is 522. The second-order valence-corrected chi connectivity index (χ2v) is 3.03. The first kappa shape index (κ1) is 10.2. The Morgan fingerprint density at radius 1 is 1.38 bits per heavy atom. The first-order valence-electron chi connectivity index (χ1n) is 4.50. The molecular weight excluding hydrogens is 210 g/mol. The van der Waals surface area contributed by atoms with Gasteiger partial charge in [0.25, 0.3) is 0 Å². The molecule has 0 amide bonds. The lowest BCUT2D eigenvalue weighted by molar-refractivity contribution is 0.0593. The number of carbonyl (C=O) groups is 1. The molecule has 0 bridgehead atoms. The van der Waals surface area contributed by atoms with Crippen molar-refractivity contribution in [3.05, 3.63) is 30.0 Å². The number of ether oxygens (including phenoxy) is 1. The SMILES string of the molecule is COC(=O)c1cncc(-n2ncc(C)n2)n1. The van der Waals surface area contributed by atoms with Gasteiger partial charge in [0.1, 0.15) is 0 Å². The molecule has 0 aliphatic heterocycles. The lowest BCUT2D eigenvalue weighted by Crippen LogP contribution is -2.09. The molecule has 0 unspecified atom stereocenters. The Morgan fingerprint density at radius 3 is 2.81 bits per heavy atom. The van der Waals surface area contributed by atoms with Gasteiger partial charge >= 0.3 is 5.97 Å². The molecule has 82 valence electrons. The van der Waals surface area contributed by atoms with Crippen molar-refractivity contribution in [3.63, 3.8) is 0 Å². The number of hydrogen-bond acceptors (Lipinski definition) is 6. The average molecular weight is 219 g/mol. The third-order valence-corrected chi connectivity index (χ3v) is 1.83. The van der Waals surface area contributed by atoms with E-state index in [2.05, 4.69) is 24.9 Å². The summed E-state index contributed by atoms with van der Waals surface area (Å²) in [5.74, 6) is -0.172. The molecule has 0 spiro atoms. The van der Waals surface area contributed by atoms with Crippen molar-refractivity contribution in [3.8, 4) is 5.82 Å². The Hall–Kier alpha value is -2.31. The molecule has 7 heteroatoms. The van der Waals surface area contributed by atoms with Gasteiger partial charge in [-0.05, 0) is 6.92 Å². The highest BCUT2D eigenvalue weighted by atomic mass is 16.5. The Balaban J connectivity index is 2.39. The predicted molar refractivity (Wildman–Crippen MR) is 53.0 cm³/mol. The van der Waals surface area contributed by atoms with E-state index < -0.39 is 5.97 Å².